The number of carbonyl (C=O) groups excluding carboxylic acids is 1. The summed E-state index contributed by atoms with van der Waals surface area (Å²) in [5.41, 5.74) is -0.245. The molecule has 0 spiro atoms. The zero-order valence-electron chi connectivity index (χ0n) is 9.31. The first-order valence-electron chi connectivity index (χ1n) is 5.52. The van der Waals surface area contributed by atoms with E-state index in [0.29, 0.717) is 0 Å². The van der Waals surface area contributed by atoms with Crippen LogP contribution in [0.4, 0.5) is 0 Å². The van der Waals surface area contributed by atoms with Gasteiger partial charge in [0.1, 0.15) is 0 Å². The zero-order valence-corrected chi connectivity index (χ0v) is 9.31. The molecule has 0 heterocycles. The van der Waals surface area contributed by atoms with Gasteiger partial charge in [0.25, 0.3) is 5.91 Å². The van der Waals surface area contributed by atoms with Crippen LogP contribution in [-0.4, -0.2) is 33.4 Å². The summed E-state index contributed by atoms with van der Waals surface area (Å²) in [5.74, 6) is -0.944. The van der Waals surface area contributed by atoms with E-state index >= 15 is 0 Å². The number of hydrogen-bond donors (Lipinski definition) is 4. The fraction of sp³-hybridized carbons (Fsp3) is 0.417. The number of rotatable bonds is 3. The van der Waals surface area contributed by atoms with Crippen LogP contribution in [0.25, 0.3) is 0 Å². The summed E-state index contributed by atoms with van der Waals surface area (Å²) in [6, 6.07) is 3.89. The summed E-state index contributed by atoms with van der Waals surface area (Å²) < 4.78 is 0. The van der Waals surface area contributed by atoms with Gasteiger partial charge < -0.3 is 20.6 Å². The first-order valence-corrected chi connectivity index (χ1v) is 5.52. The molecule has 0 radical (unpaired) electrons. The number of amides is 1. The molecule has 0 aromatic heterocycles. The Kier molecular flexibility index (Phi) is 2.93. The zero-order chi connectivity index (χ0) is 12.5. The van der Waals surface area contributed by atoms with Crippen molar-refractivity contribution in [1.82, 2.24) is 5.32 Å². The van der Waals surface area contributed by atoms with E-state index in [2.05, 4.69) is 5.32 Å². The van der Waals surface area contributed by atoms with Crippen LogP contribution in [0.2, 0.25) is 0 Å². The lowest BCUT2D eigenvalue weighted by Gasteiger charge is -2.40. The van der Waals surface area contributed by atoms with Crippen molar-refractivity contribution in [2.24, 2.45) is 0 Å². The Morgan fingerprint density at radius 2 is 2.00 bits per heavy atom. The molecule has 92 valence electrons. The van der Waals surface area contributed by atoms with Gasteiger partial charge in [-0.1, -0.05) is 0 Å². The molecule has 5 nitrogen and oxygen atoms in total. The Labute approximate surface area is 98.7 Å². The smallest absolute Gasteiger partial charge is 0.251 e. The molecule has 17 heavy (non-hydrogen) atoms. The Bertz CT molecular complexity index is 435. The monoisotopic (exact) mass is 237 g/mol. The molecule has 1 aliphatic carbocycles. The summed E-state index contributed by atoms with van der Waals surface area (Å²) in [6.07, 6.45) is 2.51. The molecule has 1 amide bonds. The Balaban J connectivity index is 2.11. The SMILES string of the molecule is O=C(NC1(CO)CCC1)c1ccc(O)c(O)c1. The molecule has 2 rings (SSSR count). The first-order chi connectivity index (χ1) is 8.06. The maximum absolute atomic E-state index is 11.9. The quantitative estimate of drug-likeness (QED) is 0.584. The molecular weight excluding hydrogens is 222 g/mol. The molecule has 4 N–H and O–H groups in total. The molecule has 1 aliphatic rings. The molecule has 1 saturated carbocycles. The van der Waals surface area contributed by atoms with Crippen LogP contribution in [0.1, 0.15) is 29.6 Å². The number of hydrogen-bond acceptors (Lipinski definition) is 4. The van der Waals surface area contributed by atoms with E-state index in [0.717, 1.165) is 19.3 Å². The van der Waals surface area contributed by atoms with Gasteiger partial charge in [0.15, 0.2) is 11.5 Å². The van der Waals surface area contributed by atoms with Gasteiger partial charge in [-0.3, -0.25) is 4.79 Å². The molecule has 0 saturated heterocycles. The third-order valence-corrected chi connectivity index (χ3v) is 3.23. The average molecular weight is 237 g/mol. The standard InChI is InChI=1S/C12H15NO4/c14-7-12(4-1-5-12)13-11(17)8-2-3-9(15)10(16)6-8/h2-3,6,14-16H,1,4-5,7H2,(H,13,17). The fourth-order valence-electron chi connectivity index (χ4n) is 1.90. The van der Waals surface area contributed by atoms with Crippen molar-refractivity contribution >= 4 is 5.91 Å². The number of phenols is 2. The largest absolute Gasteiger partial charge is 0.504 e. The van der Waals surface area contributed by atoms with Gasteiger partial charge in [-0.2, -0.15) is 0 Å². The predicted molar refractivity (Wildman–Crippen MR) is 60.9 cm³/mol. The highest BCUT2D eigenvalue weighted by Crippen LogP contribution is 2.32. The minimum atomic E-state index is -0.509. The molecule has 0 unspecified atom stereocenters. The van der Waals surface area contributed by atoms with E-state index in [4.69, 9.17) is 5.11 Å². The Hall–Kier alpha value is -1.75. The maximum Gasteiger partial charge on any atom is 0.251 e. The number of benzene rings is 1. The summed E-state index contributed by atoms with van der Waals surface area (Å²) in [4.78, 5) is 11.9. The molecule has 1 aromatic rings. The second-order valence-electron chi connectivity index (χ2n) is 4.45. The van der Waals surface area contributed by atoms with Crippen molar-refractivity contribution < 1.29 is 20.1 Å². The number of aliphatic hydroxyl groups excluding tert-OH is 1. The van der Waals surface area contributed by atoms with Gasteiger partial charge in [-0.15, -0.1) is 0 Å². The summed E-state index contributed by atoms with van der Waals surface area (Å²) in [5, 5.41) is 30.4. The first kappa shape index (κ1) is 11.7. The number of phenolic OH excluding ortho intramolecular Hbond substituents is 2. The van der Waals surface area contributed by atoms with Gasteiger partial charge in [0, 0.05) is 5.56 Å². The van der Waals surface area contributed by atoms with Crippen LogP contribution in [-0.2, 0) is 0 Å². The molecule has 1 fully saturated rings. The van der Waals surface area contributed by atoms with Gasteiger partial charge in [0.05, 0.1) is 12.1 Å². The lowest BCUT2D eigenvalue weighted by molar-refractivity contribution is 0.0641. The van der Waals surface area contributed by atoms with Gasteiger partial charge in [0.2, 0.25) is 0 Å². The van der Waals surface area contributed by atoms with Crippen LogP contribution in [0.5, 0.6) is 11.5 Å². The molecule has 0 aliphatic heterocycles. The molecule has 1 aromatic carbocycles. The van der Waals surface area contributed by atoms with E-state index in [1.54, 1.807) is 0 Å². The van der Waals surface area contributed by atoms with Crippen LogP contribution >= 0.6 is 0 Å². The van der Waals surface area contributed by atoms with Gasteiger partial charge in [-0.05, 0) is 37.5 Å². The van der Waals surface area contributed by atoms with Crippen LogP contribution in [0.15, 0.2) is 18.2 Å². The van der Waals surface area contributed by atoms with Crippen LogP contribution < -0.4 is 5.32 Å². The molecule has 0 bridgehead atoms. The van der Waals surface area contributed by atoms with E-state index < -0.39 is 5.54 Å². The number of aliphatic hydroxyl groups is 1. The summed E-state index contributed by atoms with van der Waals surface area (Å²) >= 11 is 0. The number of aromatic hydroxyl groups is 2. The predicted octanol–water partition coefficient (Wildman–Crippen LogP) is 0.743. The van der Waals surface area contributed by atoms with Crippen LogP contribution in [0.3, 0.4) is 0 Å². The van der Waals surface area contributed by atoms with Crippen molar-refractivity contribution in [2.45, 2.75) is 24.8 Å². The second kappa shape index (κ2) is 4.25. The Morgan fingerprint density at radius 3 is 2.47 bits per heavy atom. The van der Waals surface area contributed by atoms with Crippen molar-refractivity contribution in [1.29, 1.82) is 0 Å². The van der Waals surface area contributed by atoms with Gasteiger partial charge >= 0.3 is 0 Å². The lowest BCUT2D eigenvalue weighted by Crippen LogP contribution is -2.56. The third-order valence-electron chi connectivity index (χ3n) is 3.23. The molecule has 5 heteroatoms. The van der Waals surface area contributed by atoms with Crippen molar-refractivity contribution in [2.75, 3.05) is 6.61 Å². The number of carbonyl (C=O) groups is 1. The summed E-state index contributed by atoms with van der Waals surface area (Å²) in [6.45, 7) is -0.0805. The highest BCUT2D eigenvalue weighted by Gasteiger charge is 2.37. The average Bonchev–Trinajstić information content (AvgIpc) is 2.27. The van der Waals surface area contributed by atoms with E-state index in [1.807, 2.05) is 0 Å². The minimum absolute atomic E-state index is 0.0805. The third kappa shape index (κ3) is 2.19. The molecule has 0 atom stereocenters. The van der Waals surface area contributed by atoms with E-state index in [9.17, 15) is 15.0 Å². The minimum Gasteiger partial charge on any atom is -0.504 e. The van der Waals surface area contributed by atoms with Crippen LogP contribution in [0, 0.1) is 0 Å². The van der Waals surface area contributed by atoms with Crippen molar-refractivity contribution in [3.05, 3.63) is 23.8 Å². The maximum atomic E-state index is 11.9. The van der Waals surface area contributed by atoms with E-state index in [1.165, 1.54) is 18.2 Å². The number of nitrogens with one attached hydrogen (secondary N) is 1. The second-order valence-corrected chi connectivity index (χ2v) is 4.45. The van der Waals surface area contributed by atoms with E-state index in [-0.39, 0.29) is 29.6 Å². The fourth-order valence-corrected chi connectivity index (χ4v) is 1.90. The highest BCUT2D eigenvalue weighted by molar-refractivity contribution is 5.95. The normalized spacial score (nSPS) is 17.2. The molecular formula is C12H15NO4. The van der Waals surface area contributed by atoms with Crippen molar-refractivity contribution in [3.63, 3.8) is 0 Å². The summed E-state index contributed by atoms with van der Waals surface area (Å²) in [7, 11) is 0. The van der Waals surface area contributed by atoms with Gasteiger partial charge in [-0.25, -0.2) is 0 Å². The topological polar surface area (TPSA) is 89.8 Å². The highest BCUT2D eigenvalue weighted by atomic mass is 16.3. The lowest BCUT2D eigenvalue weighted by atomic mass is 9.77. The Morgan fingerprint density at radius 1 is 1.29 bits per heavy atom. The van der Waals surface area contributed by atoms with Crippen molar-refractivity contribution in [3.8, 4) is 11.5 Å².